The minimum absolute atomic E-state index is 0.222. The number of hydrogen-bond acceptors (Lipinski definition) is 3. The van der Waals surface area contributed by atoms with Crippen LogP contribution in [0.15, 0.2) is 24.4 Å². The highest BCUT2D eigenvalue weighted by atomic mass is 16.3. The van der Waals surface area contributed by atoms with E-state index in [1.165, 1.54) is 0 Å². The van der Waals surface area contributed by atoms with Gasteiger partial charge in [-0.3, -0.25) is 4.98 Å². The minimum Gasteiger partial charge on any atom is -0.392 e. The van der Waals surface area contributed by atoms with Gasteiger partial charge in [-0.25, -0.2) is 0 Å². The van der Waals surface area contributed by atoms with E-state index in [1.54, 1.807) is 13.1 Å². The van der Waals surface area contributed by atoms with Gasteiger partial charge >= 0.3 is 0 Å². The van der Waals surface area contributed by atoms with E-state index in [0.717, 1.165) is 5.69 Å². The molecule has 12 heavy (non-hydrogen) atoms. The Morgan fingerprint density at radius 1 is 1.58 bits per heavy atom. The van der Waals surface area contributed by atoms with Gasteiger partial charge in [-0.15, -0.1) is 0 Å². The van der Waals surface area contributed by atoms with Gasteiger partial charge in [0.15, 0.2) is 0 Å². The molecule has 1 heterocycles. The number of aliphatic hydroxyl groups excluding tert-OH is 1. The zero-order chi connectivity index (χ0) is 8.97. The second-order valence-electron chi connectivity index (χ2n) is 2.93. The SMILES string of the molecule is C[C@@H](O)[C@H](N)Cc1ccccn1. The van der Waals surface area contributed by atoms with Gasteiger partial charge in [0.25, 0.3) is 0 Å². The second-order valence-corrected chi connectivity index (χ2v) is 2.93. The first kappa shape index (κ1) is 9.16. The third-order valence-corrected chi connectivity index (χ3v) is 1.79. The summed E-state index contributed by atoms with van der Waals surface area (Å²) in [6.07, 6.45) is 1.87. The highest BCUT2D eigenvalue weighted by Crippen LogP contribution is 2.00. The number of rotatable bonds is 3. The summed E-state index contributed by atoms with van der Waals surface area (Å²) in [5, 5.41) is 9.13. The van der Waals surface area contributed by atoms with E-state index in [-0.39, 0.29) is 6.04 Å². The second kappa shape index (κ2) is 4.18. The number of aliphatic hydroxyl groups is 1. The molecule has 0 saturated heterocycles. The first-order chi connectivity index (χ1) is 5.70. The molecule has 1 aromatic heterocycles. The Kier molecular flexibility index (Phi) is 3.19. The minimum atomic E-state index is -0.480. The molecule has 0 radical (unpaired) electrons. The van der Waals surface area contributed by atoms with Crippen LogP contribution in [0.25, 0.3) is 0 Å². The summed E-state index contributed by atoms with van der Waals surface area (Å²) in [6.45, 7) is 1.69. The van der Waals surface area contributed by atoms with Crippen molar-refractivity contribution in [2.75, 3.05) is 0 Å². The number of hydrogen-bond donors (Lipinski definition) is 2. The van der Waals surface area contributed by atoms with Gasteiger partial charge in [-0.2, -0.15) is 0 Å². The molecule has 0 fully saturated rings. The fraction of sp³-hybridized carbons (Fsp3) is 0.444. The molecule has 3 heteroatoms. The molecule has 0 saturated carbocycles. The Morgan fingerprint density at radius 2 is 2.33 bits per heavy atom. The molecule has 3 nitrogen and oxygen atoms in total. The molecule has 0 aliphatic carbocycles. The normalized spacial score (nSPS) is 15.6. The van der Waals surface area contributed by atoms with Gasteiger partial charge in [-0.05, 0) is 19.1 Å². The Labute approximate surface area is 72.2 Å². The van der Waals surface area contributed by atoms with Crippen molar-refractivity contribution in [3.05, 3.63) is 30.1 Å². The molecule has 1 rings (SSSR count). The van der Waals surface area contributed by atoms with E-state index >= 15 is 0 Å². The third kappa shape index (κ3) is 2.60. The fourth-order valence-electron chi connectivity index (χ4n) is 0.931. The largest absolute Gasteiger partial charge is 0.392 e. The zero-order valence-corrected chi connectivity index (χ0v) is 7.14. The molecule has 0 aromatic carbocycles. The fourth-order valence-corrected chi connectivity index (χ4v) is 0.931. The lowest BCUT2D eigenvalue weighted by Crippen LogP contribution is -2.34. The number of nitrogens with zero attached hydrogens (tertiary/aromatic N) is 1. The predicted octanol–water partition coefficient (Wildman–Crippen LogP) is 0.332. The summed E-state index contributed by atoms with van der Waals surface area (Å²) in [5.41, 5.74) is 6.58. The van der Waals surface area contributed by atoms with Crippen molar-refractivity contribution < 1.29 is 5.11 Å². The van der Waals surface area contributed by atoms with Gasteiger partial charge in [-0.1, -0.05) is 6.07 Å². The topological polar surface area (TPSA) is 59.1 Å². The summed E-state index contributed by atoms with van der Waals surface area (Å²) in [7, 11) is 0. The summed E-state index contributed by atoms with van der Waals surface area (Å²) < 4.78 is 0. The number of pyridine rings is 1. The molecule has 1 aromatic rings. The average Bonchev–Trinajstić information content (AvgIpc) is 2.06. The Hall–Kier alpha value is -0.930. The molecular formula is C9H14N2O. The van der Waals surface area contributed by atoms with E-state index in [0.29, 0.717) is 6.42 Å². The molecule has 3 N–H and O–H groups in total. The Morgan fingerprint density at radius 3 is 2.83 bits per heavy atom. The summed E-state index contributed by atoms with van der Waals surface area (Å²) in [5.74, 6) is 0. The lowest BCUT2D eigenvalue weighted by atomic mass is 10.1. The molecule has 0 aliphatic heterocycles. The smallest absolute Gasteiger partial charge is 0.0666 e. The van der Waals surface area contributed by atoms with Crippen LogP contribution in [0.5, 0.6) is 0 Å². The van der Waals surface area contributed by atoms with E-state index in [9.17, 15) is 0 Å². The Bertz CT molecular complexity index is 223. The van der Waals surface area contributed by atoms with Crippen LogP contribution in [0, 0.1) is 0 Å². The average molecular weight is 166 g/mol. The zero-order valence-electron chi connectivity index (χ0n) is 7.14. The van der Waals surface area contributed by atoms with E-state index in [2.05, 4.69) is 4.98 Å². The first-order valence-corrected chi connectivity index (χ1v) is 4.03. The van der Waals surface area contributed by atoms with Crippen molar-refractivity contribution in [2.24, 2.45) is 5.73 Å². The molecule has 0 unspecified atom stereocenters. The van der Waals surface area contributed by atoms with Crippen LogP contribution >= 0.6 is 0 Å². The summed E-state index contributed by atoms with van der Waals surface area (Å²) in [6, 6.07) is 5.45. The maximum Gasteiger partial charge on any atom is 0.0666 e. The first-order valence-electron chi connectivity index (χ1n) is 4.03. The van der Waals surface area contributed by atoms with Crippen LogP contribution in [0.1, 0.15) is 12.6 Å². The standard InChI is InChI=1S/C9H14N2O/c1-7(12)9(10)6-8-4-2-3-5-11-8/h2-5,7,9,12H,6,10H2,1H3/t7-,9-/m1/s1. The van der Waals surface area contributed by atoms with Gasteiger partial charge in [0, 0.05) is 24.4 Å². The predicted molar refractivity (Wildman–Crippen MR) is 47.6 cm³/mol. The highest BCUT2D eigenvalue weighted by molar-refractivity contribution is 5.05. The van der Waals surface area contributed by atoms with Gasteiger partial charge in [0.1, 0.15) is 0 Å². The van der Waals surface area contributed by atoms with Crippen molar-refractivity contribution in [3.63, 3.8) is 0 Å². The molecule has 0 aliphatic rings. The number of nitrogens with two attached hydrogens (primary N) is 1. The molecule has 0 bridgehead atoms. The van der Waals surface area contributed by atoms with Crippen LogP contribution in [0.4, 0.5) is 0 Å². The van der Waals surface area contributed by atoms with Gasteiger partial charge in [0.05, 0.1) is 6.10 Å². The molecular weight excluding hydrogens is 152 g/mol. The molecule has 2 atom stereocenters. The van der Waals surface area contributed by atoms with E-state index in [4.69, 9.17) is 10.8 Å². The van der Waals surface area contributed by atoms with Crippen molar-refractivity contribution in [1.29, 1.82) is 0 Å². The maximum absolute atomic E-state index is 9.13. The lowest BCUT2D eigenvalue weighted by molar-refractivity contribution is 0.163. The van der Waals surface area contributed by atoms with Crippen molar-refractivity contribution >= 4 is 0 Å². The summed E-state index contributed by atoms with van der Waals surface area (Å²) >= 11 is 0. The van der Waals surface area contributed by atoms with Gasteiger partial charge in [0.2, 0.25) is 0 Å². The third-order valence-electron chi connectivity index (χ3n) is 1.79. The van der Waals surface area contributed by atoms with Crippen LogP contribution in [0.3, 0.4) is 0 Å². The monoisotopic (exact) mass is 166 g/mol. The highest BCUT2D eigenvalue weighted by Gasteiger charge is 2.09. The Balaban J connectivity index is 2.53. The molecule has 0 amide bonds. The van der Waals surface area contributed by atoms with Crippen LogP contribution in [-0.4, -0.2) is 22.2 Å². The van der Waals surface area contributed by atoms with E-state index < -0.39 is 6.10 Å². The summed E-state index contributed by atoms with van der Waals surface area (Å²) in [4.78, 5) is 4.11. The van der Waals surface area contributed by atoms with E-state index in [1.807, 2.05) is 18.2 Å². The molecule has 0 spiro atoms. The molecule has 66 valence electrons. The van der Waals surface area contributed by atoms with Crippen molar-refractivity contribution in [3.8, 4) is 0 Å². The van der Waals surface area contributed by atoms with Gasteiger partial charge < -0.3 is 10.8 Å². The van der Waals surface area contributed by atoms with Crippen molar-refractivity contribution in [1.82, 2.24) is 4.98 Å². The van der Waals surface area contributed by atoms with Crippen LogP contribution < -0.4 is 5.73 Å². The van der Waals surface area contributed by atoms with Crippen LogP contribution in [-0.2, 0) is 6.42 Å². The lowest BCUT2D eigenvalue weighted by Gasteiger charge is -2.13. The quantitative estimate of drug-likeness (QED) is 0.680. The maximum atomic E-state index is 9.13. The number of aromatic nitrogens is 1. The van der Waals surface area contributed by atoms with Crippen molar-refractivity contribution in [2.45, 2.75) is 25.5 Å². The van der Waals surface area contributed by atoms with Crippen LogP contribution in [0.2, 0.25) is 0 Å².